The predicted molar refractivity (Wildman–Crippen MR) is 87.8 cm³/mol. The average molecular weight is 364 g/mol. The van der Waals surface area contributed by atoms with Crippen molar-refractivity contribution in [1.29, 1.82) is 0 Å². The topological polar surface area (TPSA) is 53.4 Å². The van der Waals surface area contributed by atoms with Crippen LogP contribution in [0, 0.1) is 0 Å². The second-order valence-electron chi connectivity index (χ2n) is 5.64. The molecule has 0 radical (unpaired) electrons. The van der Waals surface area contributed by atoms with Gasteiger partial charge < -0.3 is 14.0 Å². The van der Waals surface area contributed by atoms with E-state index >= 15 is 0 Å². The van der Waals surface area contributed by atoms with E-state index in [2.05, 4.69) is 4.98 Å². The zero-order valence-electron chi connectivity index (χ0n) is 14.0. The van der Waals surface area contributed by atoms with Gasteiger partial charge in [-0.2, -0.15) is 13.2 Å². The van der Waals surface area contributed by atoms with Gasteiger partial charge in [0.2, 0.25) is 5.88 Å². The summed E-state index contributed by atoms with van der Waals surface area (Å²) < 4.78 is 49.9. The second-order valence-corrected chi connectivity index (χ2v) is 5.64. The Morgan fingerprint density at radius 2 is 1.88 bits per heavy atom. The summed E-state index contributed by atoms with van der Waals surface area (Å²) in [4.78, 5) is 16.0. The van der Waals surface area contributed by atoms with E-state index in [1.54, 1.807) is 23.9 Å². The molecule has 3 rings (SSSR count). The third-order valence-corrected chi connectivity index (χ3v) is 3.92. The molecule has 0 saturated carbocycles. The van der Waals surface area contributed by atoms with E-state index < -0.39 is 17.7 Å². The van der Waals surface area contributed by atoms with Gasteiger partial charge in [0.05, 0.1) is 18.2 Å². The molecule has 26 heavy (non-hydrogen) atoms. The standard InChI is InChI=1S/C18H15F3N2O3/c1-23-9-14(17(24)25-2)13-7-8-22-16(15(13)23)26-10-11-3-5-12(6-4-11)18(19,20)21/h3-9H,10H2,1-2H3. The number of alkyl halides is 3. The lowest BCUT2D eigenvalue weighted by atomic mass is 10.1. The monoisotopic (exact) mass is 364 g/mol. The fraction of sp³-hybridized carbons (Fsp3) is 0.222. The number of hydrogen-bond acceptors (Lipinski definition) is 4. The molecule has 0 bridgehead atoms. The van der Waals surface area contributed by atoms with E-state index in [0.717, 1.165) is 12.1 Å². The van der Waals surface area contributed by atoms with Crippen molar-refractivity contribution in [3.8, 4) is 5.88 Å². The number of methoxy groups -OCH3 is 1. The van der Waals surface area contributed by atoms with Gasteiger partial charge in [0.1, 0.15) is 12.1 Å². The summed E-state index contributed by atoms with van der Waals surface area (Å²) in [5.41, 5.74) is 0.831. The van der Waals surface area contributed by atoms with Gasteiger partial charge in [-0.25, -0.2) is 9.78 Å². The Morgan fingerprint density at radius 3 is 2.50 bits per heavy atom. The summed E-state index contributed by atoms with van der Waals surface area (Å²) in [7, 11) is 3.03. The molecule has 0 aliphatic heterocycles. The van der Waals surface area contributed by atoms with Gasteiger partial charge in [-0.15, -0.1) is 0 Å². The summed E-state index contributed by atoms with van der Waals surface area (Å²) in [6, 6.07) is 6.39. The third kappa shape index (κ3) is 3.35. The molecule has 2 aromatic heterocycles. The fourth-order valence-electron chi connectivity index (χ4n) is 2.64. The Kier molecular flexibility index (Phi) is 4.58. The van der Waals surface area contributed by atoms with Crippen molar-refractivity contribution >= 4 is 16.9 Å². The Morgan fingerprint density at radius 1 is 1.19 bits per heavy atom. The number of aryl methyl sites for hydroxylation is 1. The zero-order valence-corrected chi connectivity index (χ0v) is 14.0. The van der Waals surface area contributed by atoms with Crippen molar-refractivity contribution in [3.05, 3.63) is 59.4 Å². The summed E-state index contributed by atoms with van der Waals surface area (Å²) in [5, 5.41) is 0.622. The van der Waals surface area contributed by atoms with Crippen molar-refractivity contribution in [2.45, 2.75) is 12.8 Å². The van der Waals surface area contributed by atoms with E-state index in [0.29, 0.717) is 22.0 Å². The van der Waals surface area contributed by atoms with E-state index in [-0.39, 0.29) is 12.5 Å². The van der Waals surface area contributed by atoms with Crippen LogP contribution in [-0.4, -0.2) is 22.6 Å². The van der Waals surface area contributed by atoms with Crippen LogP contribution in [0.15, 0.2) is 42.7 Å². The first-order valence-electron chi connectivity index (χ1n) is 7.62. The van der Waals surface area contributed by atoms with Crippen LogP contribution in [-0.2, 0) is 24.6 Å². The van der Waals surface area contributed by atoms with Crippen molar-refractivity contribution in [2.75, 3.05) is 7.11 Å². The average Bonchev–Trinajstić information content (AvgIpc) is 2.96. The minimum absolute atomic E-state index is 0.0446. The van der Waals surface area contributed by atoms with Gasteiger partial charge in [0, 0.05) is 24.8 Å². The number of carbonyl (C=O) groups excluding carboxylic acids is 1. The molecule has 8 heteroatoms. The maximum atomic E-state index is 12.6. The lowest BCUT2D eigenvalue weighted by Crippen LogP contribution is -2.05. The number of rotatable bonds is 4. The zero-order chi connectivity index (χ0) is 18.9. The number of ether oxygens (including phenoxy) is 2. The second kappa shape index (κ2) is 6.70. The molecule has 1 aromatic carbocycles. The quantitative estimate of drug-likeness (QED) is 0.658. The van der Waals surface area contributed by atoms with E-state index in [9.17, 15) is 18.0 Å². The molecule has 0 unspecified atom stereocenters. The Labute approximate surface area is 147 Å². The number of hydrogen-bond donors (Lipinski definition) is 0. The van der Waals surface area contributed by atoms with Crippen LogP contribution >= 0.6 is 0 Å². The first kappa shape index (κ1) is 17.8. The van der Waals surface area contributed by atoms with Gasteiger partial charge in [0.25, 0.3) is 0 Å². The number of nitrogens with zero attached hydrogens (tertiary/aromatic N) is 2. The smallest absolute Gasteiger partial charge is 0.416 e. The summed E-state index contributed by atoms with van der Waals surface area (Å²) in [5.74, 6) is -0.199. The normalized spacial score (nSPS) is 11.6. The molecule has 0 aliphatic carbocycles. The lowest BCUT2D eigenvalue weighted by molar-refractivity contribution is -0.137. The Bertz CT molecular complexity index is 947. The molecule has 0 amide bonds. The molecular formula is C18H15F3N2O3. The molecule has 2 heterocycles. The molecule has 3 aromatic rings. The van der Waals surface area contributed by atoms with Gasteiger partial charge in [-0.3, -0.25) is 0 Å². The van der Waals surface area contributed by atoms with Crippen molar-refractivity contribution in [2.24, 2.45) is 7.05 Å². The van der Waals surface area contributed by atoms with Crippen LogP contribution in [0.2, 0.25) is 0 Å². The first-order valence-corrected chi connectivity index (χ1v) is 7.62. The van der Waals surface area contributed by atoms with Gasteiger partial charge in [-0.1, -0.05) is 12.1 Å². The lowest BCUT2D eigenvalue weighted by Gasteiger charge is -2.10. The first-order chi connectivity index (χ1) is 12.3. The highest BCUT2D eigenvalue weighted by Crippen LogP contribution is 2.30. The van der Waals surface area contributed by atoms with Crippen LogP contribution in [0.5, 0.6) is 5.88 Å². The van der Waals surface area contributed by atoms with E-state index in [1.165, 1.54) is 25.4 Å². The number of halogens is 3. The maximum Gasteiger partial charge on any atom is 0.416 e. The van der Waals surface area contributed by atoms with Crippen molar-refractivity contribution < 1.29 is 27.4 Å². The number of esters is 1. The van der Waals surface area contributed by atoms with Gasteiger partial charge in [-0.05, 0) is 23.8 Å². The van der Waals surface area contributed by atoms with Gasteiger partial charge in [0.15, 0.2) is 0 Å². The molecule has 136 valence electrons. The SMILES string of the molecule is COC(=O)c1cn(C)c2c(OCc3ccc(C(F)(F)F)cc3)nccc12. The number of fused-ring (bicyclic) bond motifs is 1. The molecule has 0 aliphatic rings. The largest absolute Gasteiger partial charge is 0.471 e. The van der Waals surface area contributed by atoms with E-state index in [1.807, 2.05) is 0 Å². The van der Waals surface area contributed by atoms with Crippen LogP contribution in [0.1, 0.15) is 21.5 Å². The predicted octanol–water partition coefficient (Wildman–Crippen LogP) is 3.96. The summed E-state index contributed by atoms with van der Waals surface area (Å²) in [6.07, 6.45) is -1.26. The number of carbonyl (C=O) groups is 1. The number of aromatic nitrogens is 2. The highest BCUT2D eigenvalue weighted by molar-refractivity contribution is 6.05. The third-order valence-electron chi connectivity index (χ3n) is 3.92. The molecular weight excluding hydrogens is 349 g/mol. The molecule has 0 fully saturated rings. The summed E-state index contributed by atoms with van der Waals surface area (Å²) in [6.45, 7) is 0.0446. The molecule has 0 spiro atoms. The van der Waals surface area contributed by atoms with Gasteiger partial charge >= 0.3 is 12.1 Å². The van der Waals surface area contributed by atoms with Crippen molar-refractivity contribution in [3.63, 3.8) is 0 Å². The Balaban J connectivity index is 1.85. The van der Waals surface area contributed by atoms with Crippen LogP contribution in [0.4, 0.5) is 13.2 Å². The molecule has 0 saturated heterocycles. The minimum Gasteiger partial charge on any atom is -0.471 e. The highest BCUT2D eigenvalue weighted by atomic mass is 19.4. The maximum absolute atomic E-state index is 12.6. The Hall–Kier alpha value is -3.03. The van der Waals surface area contributed by atoms with Crippen LogP contribution in [0.3, 0.4) is 0 Å². The molecule has 0 atom stereocenters. The number of benzene rings is 1. The number of pyridine rings is 1. The fourth-order valence-corrected chi connectivity index (χ4v) is 2.64. The van der Waals surface area contributed by atoms with E-state index in [4.69, 9.17) is 9.47 Å². The highest BCUT2D eigenvalue weighted by Gasteiger charge is 2.29. The van der Waals surface area contributed by atoms with Crippen molar-refractivity contribution in [1.82, 2.24) is 9.55 Å². The minimum atomic E-state index is -4.38. The van der Waals surface area contributed by atoms with Crippen LogP contribution in [0.25, 0.3) is 10.9 Å². The summed E-state index contributed by atoms with van der Waals surface area (Å²) >= 11 is 0. The van der Waals surface area contributed by atoms with Crippen LogP contribution < -0.4 is 4.74 Å². The molecule has 0 N–H and O–H groups in total. The molecule has 5 nitrogen and oxygen atoms in total.